The first kappa shape index (κ1) is 16.2. The van der Waals surface area contributed by atoms with Crippen LogP contribution in [0.4, 0.5) is 5.82 Å². The number of pyridine rings is 1. The first-order chi connectivity index (χ1) is 10.1. The van der Waals surface area contributed by atoms with E-state index in [0.717, 1.165) is 19.3 Å². The number of anilines is 1. The van der Waals surface area contributed by atoms with Crippen LogP contribution >= 0.6 is 0 Å². The second-order valence-electron chi connectivity index (χ2n) is 5.53. The summed E-state index contributed by atoms with van der Waals surface area (Å²) in [5.41, 5.74) is 2.34. The SMILES string of the molecule is CCC(NS(=O)(=O)c1cccnc1NN)C1CCCCC1. The third-order valence-electron chi connectivity index (χ3n) is 4.16. The van der Waals surface area contributed by atoms with Crippen LogP contribution in [0.15, 0.2) is 23.2 Å². The highest BCUT2D eigenvalue weighted by atomic mass is 32.2. The highest BCUT2D eigenvalue weighted by Crippen LogP contribution is 2.29. The van der Waals surface area contributed by atoms with Crippen molar-refractivity contribution in [1.82, 2.24) is 9.71 Å². The Balaban J connectivity index is 2.18. The number of nitrogens with two attached hydrogens (primary N) is 1. The molecule has 1 saturated carbocycles. The molecule has 0 aliphatic heterocycles. The highest BCUT2D eigenvalue weighted by molar-refractivity contribution is 7.89. The molecule has 4 N–H and O–H groups in total. The summed E-state index contributed by atoms with van der Waals surface area (Å²) < 4.78 is 28.0. The maximum atomic E-state index is 12.6. The minimum absolute atomic E-state index is 0.0267. The number of sulfonamides is 1. The zero-order chi connectivity index (χ0) is 15.3. The Morgan fingerprint density at radius 2 is 2.10 bits per heavy atom. The molecule has 0 saturated heterocycles. The van der Waals surface area contributed by atoms with Crippen LogP contribution in [0.5, 0.6) is 0 Å². The lowest BCUT2D eigenvalue weighted by Crippen LogP contribution is -2.41. The molecule has 1 unspecified atom stereocenters. The van der Waals surface area contributed by atoms with Gasteiger partial charge in [-0.3, -0.25) is 0 Å². The fourth-order valence-electron chi connectivity index (χ4n) is 3.03. The number of hydrazine groups is 1. The third-order valence-corrected chi connectivity index (χ3v) is 5.68. The van der Waals surface area contributed by atoms with Crippen molar-refractivity contribution in [2.75, 3.05) is 5.43 Å². The minimum Gasteiger partial charge on any atom is -0.307 e. The molecule has 1 fully saturated rings. The zero-order valence-corrected chi connectivity index (χ0v) is 13.2. The number of nitrogens with one attached hydrogen (secondary N) is 2. The maximum Gasteiger partial charge on any atom is 0.244 e. The first-order valence-corrected chi connectivity index (χ1v) is 9.00. The van der Waals surface area contributed by atoms with Crippen molar-refractivity contribution in [3.63, 3.8) is 0 Å². The van der Waals surface area contributed by atoms with Crippen LogP contribution in [0.2, 0.25) is 0 Å². The van der Waals surface area contributed by atoms with Gasteiger partial charge in [-0.25, -0.2) is 24.0 Å². The van der Waals surface area contributed by atoms with E-state index in [4.69, 9.17) is 5.84 Å². The monoisotopic (exact) mass is 312 g/mol. The Morgan fingerprint density at radius 3 is 2.71 bits per heavy atom. The van der Waals surface area contributed by atoms with E-state index in [1.807, 2.05) is 6.92 Å². The highest BCUT2D eigenvalue weighted by Gasteiger charge is 2.28. The molecule has 1 heterocycles. The van der Waals surface area contributed by atoms with Gasteiger partial charge in [0.1, 0.15) is 4.90 Å². The largest absolute Gasteiger partial charge is 0.307 e. The minimum atomic E-state index is -3.62. The Bertz CT molecular complexity index is 556. The van der Waals surface area contributed by atoms with Gasteiger partial charge >= 0.3 is 0 Å². The topological polar surface area (TPSA) is 97.1 Å². The second-order valence-corrected chi connectivity index (χ2v) is 7.21. The van der Waals surface area contributed by atoms with Crippen molar-refractivity contribution in [3.8, 4) is 0 Å². The van der Waals surface area contributed by atoms with Crippen LogP contribution in [-0.2, 0) is 10.0 Å². The number of aromatic nitrogens is 1. The van der Waals surface area contributed by atoms with Gasteiger partial charge in [-0.15, -0.1) is 0 Å². The summed E-state index contributed by atoms with van der Waals surface area (Å²) in [6, 6.07) is 3.08. The fourth-order valence-corrected chi connectivity index (χ4v) is 4.54. The van der Waals surface area contributed by atoms with Crippen molar-refractivity contribution < 1.29 is 8.42 Å². The summed E-state index contributed by atoms with van der Waals surface area (Å²) in [7, 11) is -3.62. The van der Waals surface area contributed by atoms with Gasteiger partial charge < -0.3 is 5.43 Å². The van der Waals surface area contributed by atoms with Crippen molar-refractivity contribution in [2.45, 2.75) is 56.4 Å². The van der Waals surface area contributed by atoms with Gasteiger partial charge in [-0.1, -0.05) is 26.2 Å². The summed E-state index contributed by atoms with van der Waals surface area (Å²) in [6.07, 6.45) is 8.11. The molecule has 118 valence electrons. The van der Waals surface area contributed by atoms with E-state index in [2.05, 4.69) is 15.1 Å². The summed E-state index contributed by atoms with van der Waals surface area (Å²) in [4.78, 5) is 4.05. The van der Waals surface area contributed by atoms with Gasteiger partial charge in [0.25, 0.3) is 0 Å². The molecule has 0 bridgehead atoms. The van der Waals surface area contributed by atoms with Gasteiger partial charge in [-0.2, -0.15) is 0 Å². The predicted molar refractivity (Wildman–Crippen MR) is 83.0 cm³/mol. The van der Waals surface area contributed by atoms with E-state index in [0.29, 0.717) is 5.92 Å². The molecule has 1 aliphatic carbocycles. The van der Waals surface area contributed by atoms with E-state index in [9.17, 15) is 8.42 Å². The Kier molecular flexibility index (Phi) is 5.55. The molecule has 0 spiro atoms. The Morgan fingerprint density at radius 1 is 1.38 bits per heavy atom. The number of hydrogen-bond donors (Lipinski definition) is 3. The van der Waals surface area contributed by atoms with Crippen molar-refractivity contribution >= 4 is 15.8 Å². The molecule has 1 aromatic rings. The number of rotatable bonds is 6. The molecule has 1 aliphatic rings. The average molecular weight is 312 g/mol. The second kappa shape index (κ2) is 7.20. The molecule has 0 radical (unpaired) electrons. The van der Waals surface area contributed by atoms with Crippen molar-refractivity contribution in [2.24, 2.45) is 11.8 Å². The quantitative estimate of drug-likeness (QED) is 0.551. The number of nitrogens with zero attached hydrogens (tertiary/aromatic N) is 1. The van der Waals surface area contributed by atoms with Crippen LogP contribution in [0.25, 0.3) is 0 Å². The standard InChI is InChI=1S/C14H24N4O2S/c1-2-12(11-7-4-3-5-8-11)18-21(19,20)13-9-6-10-16-14(13)17-15/h6,9-12,18H,2-5,7-8,15H2,1H3,(H,16,17). The molecule has 1 atom stereocenters. The maximum absolute atomic E-state index is 12.6. The molecule has 6 nitrogen and oxygen atoms in total. The molecule has 7 heteroatoms. The van der Waals surface area contributed by atoms with E-state index < -0.39 is 10.0 Å². The molecule has 1 aromatic heterocycles. The lowest BCUT2D eigenvalue weighted by molar-refractivity contribution is 0.285. The number of hydrogen-bond acceptors (Lipinski definition) is 5. The van der Waals surface area contributed by atoms with Crippen LogP contribution in [-0.4, -0.2) is 19.4 Å². The normalized spacial score (nSPS) is 18.4. The summed E-state index contributed by atoms with van der Waals surface area (Å²) in [5, 5.41) is 0. The fraction of sp³-hybridized carbons (Fsp3) is 0.643. The Labute approximate surface area is 126 Å². The van der Waals surface area contributed by atoms with Gasteiger partial charge in [0.15, 0.2) is 5.82 Å². The first-order valence-electron chi connectivity index (χ1n) is 7.52. The van der Waals surface area contributed by atoms with Crippen LogP contribution < -0.4 is 16.0 Å². The van der Waals surface area contributed by atoms with Crippen LogP contribution in [0.1, 0.15) is 45.4 Å². The summed E-state index contributed by atoms with van der Waals surface area (Å²) in [6.45, 7) is 2.02. The van der Waals surface area contributed by atoms with E-state index in [1.165, 1.54) is 31.5 Å². The van der Waals surface area contributed by atoms with Gasteiger partial charge in [0.05, 0.1) is 0 Å². The van der Waals surface area contributed by atoms with Gasteiger partial charge in [-0.05, 0) is 37.3 Å². The van der Waals surface area contributed by atoms with E-state index >= 15 is 0 Å². The lowest BCUT2D eigenvalue weighted by Gasteiger charge is -2.30. The molecule has 2 rings (SSSR count). The van der Waals surface area contributed by atoms with Crippen molar-refractivity contribution in [1.29, 1.82) is 0 Å². The molecule has 0 aromatic carbocycles. The summed E-state index contributed by atoms with van der Waals surface area (Å²) in [5.74, 6) is 5.94. The molecular formula is C14H24N4O2S. The number of nitrogen functional groups attached to an aromatic ring is 1. The van der Waals surface area contributed by atoms with Crippen molar-refractivity contribution in [3.05, 3.63) is 18.3 Å². The lowest BCUT2D eigenvalue weighted by atomic mass is 9.83. The molecule has 21 heavy (non-hydrogen) atoms. The predicted octanol–water partition coefficient (Wildman–Crippen LogP) is 2.00. The van der Waals surface area contributed by atoms with Gasteiger partial charge in [0, 0.05) is 12.2 Å². The van der Waals surface area contributed by atoms with Crippen LogP contribution in [0, 0.1) is 5.92 Å². The molecular weight excluding hydrogens is 288 g/mol. The Hall–Kier alpha value is -1.18. The molecule has 0 amide bonds. The zero-order valence-electron chi connectivity index (χ0n) is 12.4. The van der Waals surface area contributed by atoms with Crippen LogP contribution in [0.3, 0.4) is 0 Å². The average Bonchev–Trinajstić information content (AvgIpc) is 2.53. The summed E-state index contributed by atoms with van der Waals surface area (Å²) >= 11 is 0. The third kappa shape index (κ3) is 3.93. The van der Waals surface area contributed by atoms with E-state index in [-0.39, 0.29) is 16.8 Å². The van der Waals surface area contributed by atoms with Gasteiger partial charge in [0.2, 0.25) is 10.0 Å². The van der Waals surface area contributed by atoms with E-state index in [1.54, 1.807) is 6.07 Å². The smallest absolute Gasteiger partial charge is 0.244 e.